The van der Waals surface area contributed by atoms with Gasteiger partial charge in [-0.3, -0.25) is 29.1 Å². The van der Waals surface area contributed by atoms with Gasteiger partial charge in [-0.1, -0.05) is 41.9 Å². The van der Waals surface area contributed by atoms with Crippen LogP contribution >= 0.6 is 11.6 Å². The first-order valence-electron chi connectivity index (χ1n) is 8.39. The molecule has 0 aliphatic heterocycles. The van der Waals surface area contributed by atoms with Gasteiger partial charge >= 0.3 is 0 Å². The number of nitro groups is 1. The first-order chi connectivity index (χ1) is 13.9. The van der Waals surface area contributed by atoms with E-state index in [1.807, 2.05) is 0 Å². The Bertz CT molecular complexity index is 1140. The first-order valence-corrected chi connectivity index (χ1v) is 8.77. The molecule has 146 valence electrons. The summed E-state index contributed by atoms with van der Waals surface area (Å²) in [6.07, 6.45) is 1.17. The molecule has 0 fully saturated rings. The van der Waals surface area contributed by atoms with E-state index in [9.17, 15) is 24.5 Å². The van der Waals surface area contributed by atoms with E-state index >= 15 is 0 Å². The van der Waals surface area contributed by atoms with E-state index in [0.717, 1.165) is 16.7 Å². The minimum Gasteiger partial charge on any atom is -0.324 e. The van der Waals surface area contributed by atoms with Gasteiger partial charge in [-0.2, -0.15) is 0 Å². The summed E-state index contributed by atoms with van der Waals surface area (Å²) in [5, 5.41) is 13.8. The second-order valence-corrected chi connectivity index (χ2v) is 6.46. The molecule has 1 N–H and O–H groups in total. The zero-order chi connectivity index (χ0) is 21.0. The van der Waals surface area contributed by atoms with Crippen molar-refractivity contribution in [3.8, 4) is 0 Å². The summed E-state index contributed by atoms with van der Waals surface area (Å²) in [6, 6.07) is 14.2. The number of non-ortho nitro benzene ring substituents is 1. The molecular weight excluding hydrogens is 398 g/mol. The Kier molecular flexibility index (Phi) is 5.85. The third-order valence-corrected chi connectivity index (χ3v) is 4.28. The van der Waals surface area contributed by atoms with Crippen molar-refractivity contribution in [3.63, 3.8) is 0 Å². The van der Waals surface area contributed by atoms with Gasteiger partial charge in [0.15, 0.2) is 11.8 Å². The molecule has 0 aliphatic rings. The smallest absolute Gasteiger partial charge is 0.270 e. The maximum Gasteiger partial charge on any atom is 0.270 e. The van der Waals surface area contributed by atoms with Gasteiger partial charge < -0.3 is 5.32 Å². The number of ketones is 1. The fourth-order valence-electron chi connectivity index (χ4n) is 2.71. The molecule has 0 bridgehead atoms. The number of rotatable bonds is 6. The monoisotopic (exact) mass is 411 g/mol. The molecule has 8 nitrogen and oxygen atoms in total. The molecule has 0 radical (unpaired) electrons. The number of anilines is 1. The lowest BCUT2D eigenvalue weighted by molar-refractivity contribution is -0.384. The molecule has 1 atom stereocenters. The van der Waals surface area contributed by atoms with Crippen LogP contribution in [0.3, 0.4) is 0 Å². The van der Waals surface area contributed by atoms with Crippen molar-refractivity contribution < 1.29 is 14.5 Å². The van der Waals surface area contributed by atoms with Gasteiger partial charge in [0.25, 0.3) is 17.2 Å². The number of benzene rings is 2. The lowest BCUT2D eigenvalue weighted by Crippen LogP contribution is -2.38. The minimum absolute atomic E-state index is 0.0840. The molecule has 1 aromatic heterocycles. The van der Waals surface area contributed by atoms with Gasteiger partial charge in [0, 0.05) is 35.6 Å². The predicted octanol–water partition coefficient (Wildman–Crippen LogP) is 3.47. The third-order valence-electron chi connectivity index (χ3n) is 4.06. The molecule has 1 amide bonds. The molecule has 0 spiro atoms. The van der Waals surface area contributed by atoms with E-state index in [1.54, 1.807) is 30.3 Å². The number of para-hydroxylation sites is 1. The van der Waals surface area contributed by atoms with Gasteiger partial charge in [-0.05, 0) is 18.2 Å². The van der Waals surface area contributed by atoms with E-state index in [2.05, 4.69) is 5.32 Å². The fraction of sp³-hybridized carbons (Fsp3) is 0.0500. The van der Waals surface area contributed by atoms with Crippen molar-refractivity contribution in [3.05, 3.63) is 104 Å². The Balaban J connectivity index is 2.07. The van der Waals surface area contributed by atoms with Crippen LogP contribution in [-0.4, -0.2) is 21.2 Å². The second-order valence-electron chi connectivity index (χ2n) is 6.02. The Morgan fingerprint density at radius 1 is 1.03 bits per heavy atom. The summed E-state index contributed by atoms with van der Waals surface area (Å²) in [6.45, 7) is 0. The van der Waals surface area contributed by atoms with Crippen molar-refractivity contribution in [1.82, 2.24) is 4.57 Å². The number of carbonyl (C=O) groups excluding carboxylic acids is 2. The van der Waals surface area contributed by atoms with Gasteiger partial charge in [0.2, 0.25) is 0 Å². The quantitative estimate of drug-likeness (QED) is 0.289. The van der Waals surface area contributed by atoms with Crippen LogP contribution in [0.1, 0.15) is 16.4 Å². The molecule has 0 saturated heterocycles. The summed E-state index contributed by atoms with van der Waals surface area (Å²) < 4.78 is 0.905. The standard InChI is InChI=1S/C20H14ClN3O5/c21-14-9-10-17(25)23(12-14)18(20(27)22-15-6-2-1-3-7-15)19(26)13-5-4-8-16(11-13)24(28)29/h1-12,18H,(H,22,27). The number of Topliss-reactive ketones (excluding diaryl/α,β-unsaturated/α-hetero) is 1. The molecule has 3 aromatic rings. The Morgan fingerprint density at radius 2 is 1.76 bits per heavy atom. The minimum atomic E-state index is -1.61. The van der Waals surface area contributed by atoms with Crippen LogP contribution in [0.15, 0.2) is 77.7 Å². The number of nitro benzene ring substituents is 1. The van der Waals surface area contributed by atoms with E-state index in [0.29, 0.717) is 5.69 Å². The highest BCUT2D eigenvalue weighted by molar-refractivity contribution is 6.30. The number of nitrogens with zero attached hydrogens (tertiary/aromatic N) is 2. The lowest BCUT2D eigenvalue weighted by Gasteiger charge is -2.19. The normalized spacial score (nSPS) is 11.5. The number of hydrogen-bond acceptors (Lipinski definition) is 5. The maximum atomic E-state index is 13.1. The summed E-state index contributed by atoms with van der Waals surface area (Å²) >= 11 is 5.95. The SMILES string of the molecule is O=C(Nc1ccccc1)C(C(=O)c1cccc([N+](=O)[O-])c1)n1cc(Cl)ccc1=O. The summed E-state index contributed by atoms with van der Waals surface area (Å²) in [5.41, 5.74) is -0.596. The van der Waals surface area contributed by atoms with Crippen LogP contribution in [0.2, 0.25) is 5.02 Å². The lowest BCUT2D eigenvalue weighted by atomic mass is 10.0. The number of halogens is 1. The number of hydrogen-bond donors (Lipinski definition) is 1. The van der Waals surface area contributed by atoms with E-state index < -0.39 is 28.2 Å². The van der Waals surface area contributed by atoms with Crippen LogP contribution in [-0.2, 0) is 4.79 Å². The zero-order valence-electron chi connectivity index (χ0n) is 14.8. The predicted molar refractivity (Wildman–Crippen MR) is 107 cm³/mol. The van der Waals surface area contributed by atoms with Gasteiger partial charge in [0.1, 0.15) is 0 Å². The van der Waals surface area contributed by atoms with Crippen molar-refractivity contribution in [2.24, 2.45) is 0 Å². The molecular formula is C20H14ClN3O5. The van der Waals surface area contributed by atoms with Crippen LogP contribution in [0.4, 0.5) is 11.4 Å². The van der Waals surface area contributed by atoms with E-state index in [-0.39, 0.29) is 16.3 Å². The van der Waals surface area contributed by atoms with E-state index in [1.165, 1.54) is 30.5 Å². The van der Waals surface area contributed by atoms with Crippen molar-refractivity contribution in [2.45, 2.75) is 6.04 Å². The number of carbonyl (C=O) groups is 2. The zero-order valence-corrected chi connectivity index (χ0v) is 15.6. The van der Waals surface area contributed by atoms with Crippen LogP contribution in [0.25, 0.3) is 0 Å². The number of amides is 1. The topological polar surface area (TPSA) is 111 Å². The summed E-state index contributed by atoms with van der Waals surface area (Å²) in [4.78, 5) is 48.8. The molecule has 1 unspecified atom stereocenters. The second kappa shape index (κ2) is 8.49. The Morgan fingerprint density at radius 3 is 2.45 bits per heavy atom. The van der Waals surface area contributed by atoms with Gasteiger partial charge in [-0.25, -0.2) is 0 Å². The van der Waals surface area contributed by atoms with Crippen LogP contribution < -0.4 is 10.9 Å². The van der Waals surface area contributed by atoms with E-state index in [4.69, 9.17) is 11.6 Å². The first kappa shape index (κ1) is 20.0. The number of pyridine rings is 1. The molecule has 0 aliphatic carbocycles. The molecule has 0 saturated carbocycles. The molecule has 9 heteroatoms. The van der Waals surface area contributed by atoms with Gasteiger partial charge in [-0.15, -0.1) is 0 Å². The highest BCUT2D eigenvalue weighted by Gasteiger charge is 2.31. The Hall–Kier alpha value is -3.78. The average Bonchev–Trinajstić information content (AvgIpc) is 2.71. The molecule has 2 aromatic carbocycles. The number of nitrogens with one attached hydrogen (secondary N) is 1. The highest BCUT2D eigenvalue weighted by Crippen LogP contribution is 2.21. The summed E-state index contributed by atoms with van der Waals surface area (Å²) in [5.74, 6) is -1.57. The number of aromatic nitrogens is 1. The molecule has 29 heavy (non-hydrogen) atoms. The largest absolute Gasteiger partial charge is 0.324 e. The third kappa shape index (κ3) is 4.56. The van der Waals surface area contributed by atoms with Crippen molar-refractivity contribution >= 4 is 34.7 Å². The van der Waals surface area contributed by atoms with Crippen molar-refractivity contribution in [1.29, 1.82) is 0 Å². The molecule has 3 rings (SSSR count). The van der Waals surface area contributed by atoms with Crippen LogP contribution in [0.5, 0.6) is 0 Å². The highest BCUT2D eigenvalue weighted by atomic mass is 35.5. The average molecular weight is 412 g/mol. The molecule has 1 heterocycles. The van der Waals surface area contributed by atoms with Crippen molar-refractivity contribution in [2.75, 3.05) is 5.32 Å². The Labute approximate surface area is 169 Å². The summed E-state index contributed by atoms with van der Waals surface area (Å²) in [7, 11) is 0. The maximum absolute atomic E-state index is 13.1. The van der Waals surface area contributed by atoms with Crippen LogP contribution in [0, 0.1) is 10.1 Å². The van der Waals surface area contributed by atoms with Gasteiger partial charge in [0.05, 0.1) is 9.95 Å². The fourth-order valence-corrected chi connectivity index (χ4v) is 2.88.